The van der Waals surface area contributed by atoms with Crippen molar-refractivity contribution in [3.63, 3.8) is 0 Å². The zero-order chi connectivity index (χ0) is 21.3. The highest BCUT2D eigenvalue weighted by atomic mass is 35.5. The molecule has 0 aromatic heterocycles. The van der Waals surface area contributed by atoms with Gasteiger partial charge in [0.15, 0.2) is 11.5 Å². The molecule has 0 aliphatic carbocycles. The summed E-state index contributed by atoms with van der Waals surface area (Å²) in [5.74, 6) is 1.23. The molecule has 0 aliphatic rings. The Morgan fingerprint density at radius 2 is 1.67 bits per heavy atom. The minimum Gasteiger partial charge on any atom is -0.490 e. The second-order valence-electron chi connectivity index (χ2n) is 6.41. The first-order valence-corrected chi connectivity index (χ1v) is 9.77. The van der Waals surface area contributed by atoms with Crippen molar-refractivity contribution >= 4 is 23.3 Å². The number of nitriles is 2. The van der Waals surface area contributed by atoms with Crippen LogP contribution in [0.2, 0.25) is 5.02 Å². The SMILES string of the molecule is CCOc1cc(/C=C(/C#N)c2ccc(C#N)cc2)ccc1OCc1ccc(Cl)cc1. The summed E-state index contributed by atoms with van der Waals surface area (Å²) in [6.07, 6.45) is 1.78. The highest BCUT2D eigenvalue weighted by Crippen LogP contribution is 2.31. The number of allylic oxidation sites excluding steroid dienone is 1. The molecule has 0 amide bonds. The quantitative estimate of drug-likeness (QED) is 0.338. The maximum absolute atomic E-state index is 9.58. The van der Waals surface area contributed by atoms with E-state index in [-0.39, 0.29) is 0 Å². The lowest BCUT2D eigenvalue weighted by Gasteiger charge is -2.13. The molecule has 4 nitrogen and oxygen atoms in total. The van der Waals surface area contributed by atoms with Gasteiger partial charge in [-0.3, -0.25) is 0 Å². The third-order valence-electron chi connectivity index (χ3n) is 4.33. The third-order valence-corrected chi connectivity index (χ3v) is 4.58. The number of ether oxygens (including phenoxy) is 2. The Hall–Kier alpha value is -3.73. The highest BCUT2D eigenvalue weighted by molar-refractivity contribution is 6.30. The van der Waals surface area contributed by atoms with Gasteiger partial charge in [-0.1, -0.05) is 41.9 Å². The van der Waals surface area contributed by atoms with Gasteiger partial charge in [0, 0.05) is 5.02 Å². The Balaban J connectivity index is 1.83. The lowest BCUT2D eigenvalue weighted by Crippen LogP contribution is -2.00. The summed E-state index contributed by atoms with van der Waals surface area (Å²) in [5, 5.41) is 19.2. The van der Waals surface area contributed by atoms with E-state index in [1.807, 2.05) is 49.4 Å². The number of benzene rings is 3. The molecule has 0 radical (unpaired) electrons. The monoisotopic (exact) mass is 414 g/mol. The second-order valence-corrected chi connectivity index (χ2v) is 6.85. The number of hydrogen-bond acceptors (Lipinski definition) is 4. The first-order valence-electron chi connectivity index (χ1n) is 9.39. The average molecular weight is 415 g/mol. The van der Waals surface area contributed by atoms with Crippen molar-refractivity contribution in [3.05, 3.63) is 94.0 Å². The summed E-state index contributed by atoms with van der Waals surface area (Å²) in [6.45, 7) is 2.79. The highest BCUT2D eigenvalue weighted by Gasteiger charge is 2.08. The van der Waals surface area contributed by atoms with Crippen molar-refractivity contribution in [2.75, 3.05) is 6.61 Å². The van der Waals surface area contributed by atoms with Crippen LogP contribution in [0, 0.1) is 22.7 Å². The maximum atomic E-state index is 9.58. The number of halogens is 1. The molecule has 0 unspecified atom stereocenters. The first kappa shape index (κ1) is 21.0. The van der Waals surface area contributed by atoms with Crippen LogP contribution in [0.25, 0.3) is 11.6 Å². The van der Waals surface area contributed by atoms with Crippen LogP contribution >= 0.6 is 11.6 Å². The molecule has 0 saturated carbocycles. The molecule has 0 aliphatic heterocycles. The van der Waals surface area contributed by atoms with Gasteiger partial charge in [-0.25, -0.2) is 0 Å². The fraction of sp³-hybridized carbons (Fsp3) is 0.120. The van der Waals surface area contributed by atoms with E-state index in [9.17, 15) is 5.26 Å². The van der Waals surface area contributed by atoms with E-state index in [0.29, 0.717) is 40.9 Å². The van der Waals surface area contributed by atoms with Gasteiger partial charge in [0.1, 0.15) is 6.61 Å². The molecule has 0 N–H and O–H groups in total. The van der Waals surface area contributed by atoms with Crippen molar-refractivity contribution in [2.45, 2.75) is 13.5 Å². The van der Waals surface area contributed by atoms with E-state index in [1.54, 1.807) is 30.3 Å². The first-order chi connectivity index (χ1) is 14.6. The van der Waals surface area contributed by atoms with Crippen LogP contribution in [0.15, 0.2) is 66.7 Å². The van der Waals surface area contributed by atoms with Gasteiger partial charge in [0.05, 0.1) is 29.9 Å². The molecule has 3 aromatic carbocycles. The Kier molecular flexibility index (Phi) is 7.11. The average Bonchev–Trinajstić information content (AvgIpc) is 2.78. The van der Waals surface area contributed by atoms with Crippen molar-refractivity contribution in [3.8, 4) is 23.6 Å². The van der Waals surface area contributed by atoms with Gasteiger partial charge >= 0.3 is 0 Å². The molecular formula is C25H19ClN2O2. The van der Waals surface area contributed by atoms with E-state index < -0.39 is 0 Å². The smallest absolute Gasteiger partial charge is 0.161 e. The molecule has 3 aromatic rings. The van der Waals surface area contributed by atoms with Crippen LogP contribution in [-0.2, 0) is 6.61 Å². The van der Waals surface area contributed by atoms with Crippen LogP contribution in [0.1, 0.15) is 29.2 Å². The van der Waals surface area contributed by atoms with Gasteiger partial charge in [0.2, 0.25) is 0 Å². The zero-order valence-electron chi connectivity index (χ0n) is 16.4. The standard InChI is InChI=1S/C25H19ClN2O2/c1-2-29-25-14-20(13-22(16-28)21-8-3-18(15-27)4-9-21)7-12-24(25)30-17-19-5-10-23(26)11-6-19/h3-14H,2,17H2,1H3/b22-13-. The van der Waals surface area contributed by atoms with Crippen molar-refractivity contribution in [2.24, 2.45) is 0 Å². The topological polar surface area (TPSA) is 66.0 Å². The van der Waals surface area contributed by atoms with E-state index in [0.717, 1.165) is 16.7 Å². The molecule has 30 heavy (non-hydrogen) atoms. The molecule has 0 saturated heterocycles. The fourth-order valence-corrected chi connectivity index (χ4v) is 2.94. The van der Waals surface area contributed by atoms with Crippen LogP contribution < -0.4 is 9.47 Å². The summed E-state index contributed by atoms with van der Waals surface area (Å²) in [5.41, 5.74) is 3.61. The predicted octanol–water partition coefficient (Wildman–Crippen LogP) is 6.25. The Bertz CT molecular complexity index is 1120. The van der Waals surface area contributed by atoms with Crippen LogP contribution in [-0.4, -0.2) is 6.61 Å². The van der Waals surface area contributed by atoms with Gasteiger partial charge in [-0.15, -0.1) is 0 Å². The Labute approximate surface area is 181 Å². The van der Waals surface area contributed by atoms with E-state index >= 15 is 0 Å². The van der Waals surface area contributed by atoms with Crippen LogP contribution in [0.5, 0.6) is 11.5 Å². The molecule has 0 bridgehead atoms. The van der Waals surface area contributed by atoms with E-state index in [2.05, 4.69) is 12.1 Å². The molecule has 0 heterocycles. The molecule has 0 spiro atoms. The Morgan fingerprint density at radius 1 is 0.933 bits per heavy atom. The fourth-order valence-electron chi connectivity index (χ4n) is 2.81. The van der Waals surface area contributed by atoms with Crippen molar-refractivity contribution in [1.82, 2.24) is 0 Å². The normalized spacial score (nSPS) is 10.7. The molecule has 148 valence electrons. The predicted molar refractivity (Wildman–Crippen MR) is 118 cm³/mol. The van der Waals surface area contributed by atoms with Gasteiger partial charge in [-0.2, -0.15) is 10.5 Å². The third kappa shape index (κ3) is 5.41. The summed E-state index contributed by atoms with van der Waals surface area (Å²) in [6, 6.07) is 24.2. The number of nitrogens with zero attached hydrogens (tertiary/aromatic N) is 2. The van der Waals surface area contributed by atoms with Gasteiger partial charge in [0.25, 0.3) is 0 Å². The summed E-state index contributed by atoms with van der Waals surface area (Å²) >= 11 is 5.92. The van der Waals surface area contributed by atoms with Gasteiger partial charge < -0.3 is 9.47 Å². The molecular weight excluding hydrogens is 396 g/mol. The zero-order valence-corrected chi connectivity index (χ0v) is 17.2. The van der Waals surface area contributed by atoms with E-state index in [4.69, 9.17) is 26.3 Å². The second kappa shape index (κ2) is 10.2. The van der Waals surface area contributed by atoms with Crippen LogP contribution in [0.3, 0.4) is 0 Å². The number of rotatable bonds is 7. The Morgan fingerprint density at radius 3 is 2.30 bits per heavy atom. The molecule has 5 heteroatoms. The summed E-state index contributed by atoms with van der Waals surface area (Å²) < 4.78 is 11.7. The van der Waals surface area contributed by atoms with Gasteiger partial charge in [-0.05, 0) is 66.1 Å². The maximum Gasteiger partial charge on any atom is 0.161 e. The lowest BCUT2D eigenvalue weighted by atomic mass is 10.0. The molecule has 0 fully saturated rings. The van der Waals surface area contributed by atoms with Crippen molar-refractivity contribution in [1.29, 1.82) is 10.5 Å². The lowest BCUT2D eigenvalue weighted by molar-refractivity contribution is 0.269. The number of hydrogen-bond donors (Lipinski definition) is 0. The molecule has 3 rings (SSSR count). The van der Waals surface area contributed by atoms with Crippen molar-refractivity contribution < 1.29 is 9.47 Å². The summed E-state index contributed by atoms with van der Waals surface area (Å²) in [7, 11) is 0. The van der Waals surface area contributed by atoms with Crippen LogP contribution in [0.4, 0.5) is 0 Å². The molecule has 0 atom stereocenters. The largest absolute Gasteiger partial charge is 0.490 e. The minimum absolute atomic E-state index is 0.390. The minimum atomic E-state index is 0.390. The summed E-state index contributed by atoms with van der Waals surface area (Å²) in [4.78, 5) is 0. The van der Waals surface area contributed by atoms with E-state index in [1.165, 1.54) is 0 Å².